The van der Waals surface area contributed by atoms with E-state index in [9.17, 15) is 13.2 Å². The fourth-order valence-corrected chi connectivity index (χ4v) is 2.84. The van der Waals surface area contributed by atoms with E-state index in [1.54, 1.807) is 0 Å². The van der Waals surface area contributed by atoms with Crippen LogP contribution in [0.15, 0.2) is 12.4 Å². The molecule has 0 aliphatic carbocycles. The summed E-state index contributed by atoms with van der Waals surface area (Å²) in [5.74, 6) is 0.735. The molecule has 1 saturated heterocycles. The number of hydrogen-bond acceptors (Lipinski definition) is 4. The molecular formula is C14H20F3N3O. The molecule has 1 aliphatic rings. The number of rotatable bonds is 4. The Morgan fingerprint density at radius 3 is 2.52 bits per heavy atom. The molecule has 0 N–H and O–H groups in total. The summed E-state index contributed by atoms with van der Waals surface area (Å²) in [7, 11) is 2.04. The van der Waals surface area contributed by atoms with Gasteiger partial charge in [-0.25, -0.2) is 9.97 Å². The van der Waals surface area contributed by atoms with Crippen LogP contribution in [-0.4, -0.2) is 40.6 Å². The van der Waals surface area contributed by atoms with Gasteiger partial charge < -0.3 is 4.74 Å². The molecule has 0 radical (unpaired) electrons. The highest BCUT2D eigenvalue weighted by atomic mass is 19.4. The van der Waals surface area contributed by atoms with Crippen molar-refractivity contribution >= 4 is 0 Å². The van der Waals surface area contributed by atoms with Gasteiger partial charge in [-0.15, -0.1) is 0 Å². The second kappa shape index (κ2) is 6.17. The maximum atomic E-state index is 12.4. The first-order chi connectivity index (χ1) is 9.81. The zero-order valence-corrected chi connectivity index (χ0v) is 12.4. The van der Waals surface area contributed by atoms with Crippen molar-refractivity contribution < 1.29 is 17.9 Å². The van der Waals surface area contributed by atoms with Crippen molar-refractivity contribution in [2.75, 3.05) is 13.6 Å². The molecule has 21 heavy (non-hydrogen) atoms. The number of likely N-dealkylation sites (tertiary alicyclic amines) is 1. The molecule has 1 aliphatic heterocycles. The SMILES string of the molecule is CCC(Oc1cnc(C(F)(F)F)cn1)C1CC(C)CN1C. The highest BCUT2D eigenvalue weighted by molar-refractivity contribution is 5.10. The minimum absolute atomic E-state index is 0.0917. The molecule has 0 saturated carbocycles. The number of nitrogens with zero attached hydrogens (tertiary/aromatic N) is 3. The van der Waals surface area contributed by atoms with Gasteiger partial charge in [-0.2, -0.15) is 13.2 Å². The van der Waals surface area contributed by atoms with Gasteiger partial charge in [0.25, 0.3) is 0 Å². The Bertz CT molecular complexity index is 464. The highest BCUT2D eigenvalue weighted by Gasteiger charge is 2.35. The van der Waals surface area contributed by atoms with E-state index in [0.717, 1.165) is 25.6 Å². The van der Waals surface area contributed by atoms with Crippen molar-refractivity contribution in [2.45, 2.75) is 45.0 Å². The Morgan fingerprint density at radius 1 is 1.38 bits per heavy atom. The van der Waals surface area contributed by atoms with Crippen molar-refractivity contribution in [3.05, 3.63) is 18.1 Å². The third-order valence-corrected chi connectivity index (χ3v) is 3.83. The molecule has 1 aromatic rings. The minimum Gasteiger partial charge on any atom is -0.472 e. The molecule has 7 heteroatoms. The fraction of sp³-hybridized carbons (Fsp3) is 0.714. The second-order valence-corrected chi connectivity index (χ2v) is 5.65. The molecule has 1 fully saturated rings. The van der Waals surface area contributed by atoms with Gasteiger partial charge in [0.05, 0.1) is 12.4 Å². The molecule has 1 aromatic heterocycles. The van der Waals surface area contributed by atoms with Gasteiger partial charge in [0.1, 0.15) is 6.10 Å². The quantitative estimate of drug-likeness (QED) is 0.857. The molecule has 3 atom stereocenters. The van der Waals surface area contributed by atoms with Crippen LogP contribution in [0.5, 0.6) is 5.88 Å². The van der Waals surface area contributed by atoms with Crippen molar-refractivity contribution in [2.24, 2.45) is 5.92 Å². The van der Waals surface area contributed by atoms with Crippen LogP contribution in [0.4, 0.5) is 13.2 Å². The van der Waals surface area contributed by atoms with E-state index >= 15 is 0 Å². The molecule has 4 nitrogen and oxygen atoms in total. The predicted molar refractivity (Wildman–Crippen MR) is 71.9 cm³/mol. The lowest BCUT2D eigenvalue weighted by molar-refractivity contribution is -0.141. The third-order valence-electron chi connectivity index (χ3n) is 3.83. The Balaban J connectivity index is 2.05. The zero-order valence-electron chi connectivity index (χ0n) is 12.4. The maximum Gasteiger partial charge on any atom is 0.434 e. The standard InChI is InChI=1S/C14H20F3N3O/c1-4-11(10-5-9(2)8-20(10)3)21-13-7-18-12(6-19-13)14(15,16)17/h6-7,9-11H,4-5,8H2,1-3H3. The van der Waals surface area contributed by atoms with Gasteiger partial charge >= 0.3 is 6.18 Å². The number of hydrogen-bond donors (Lipinski definition) is 0. The van der Waals surface area contributed by atoms with Gasteiger partial charge in [-0.3, -0.25) is 4.90 Å². The summed E-state index contributed by atoms with van der Waals surface area (Å²) in [6, 6.07) is 0.258. The predicted octanol–water partition coefficient (Wildman–Crippen LogP) is 2.99. The first-order valence-electron chi connectivity index (χ1n) is 7.07. The lowest BCUT2D eigenvalue weighted by atomic mass is 10.0. The number of alkyl halides is 3. The van der Waals surface area contributed by atoms with Crippen LogP contribution in [-0.2, 0) is 6.18 Å². The van der Waals surface area contributed by atoms with Gasteiger partial charge in [-0.05, 0) is 25.8 Å². The van der Waals surface area contributed by atoms with Crippen LogP contribution < -0.4 is 4.74 Å². The fourth-order valence-electron chi connectivity index (χ4n) is 2.84. The van der Waals surface area contributed by atoms with Crippen LogP contribution in [0.2, 0.25) is 0 Å². The largest absolute Gasteiger partial charge is 0.472 e. The van der Waals surface area contributed by atoms with Gasteiger partial charge in [0.2, 0.25) is 5.88 Å². The molecular weight excluding hydrogens is 283 g/mol. The van der Waals surface area contributed by atoms with E-state index in [-0.39, 0.29) is 18.0 Å². The van der Waals surface area contributed by atoms with Crippen LogP contribution >= 0.6 is 0 Å². The number of aromatic nitrogens is 2. The van der Waals surface area contributed by atoms with E-state index in [0.29, 0.717) is 12.1 Å². The first kappa shape index (κ1) is 16.0. The van der Waals surface area contributed by atoms with E-state index in [1.165, 1.54) is 0 Å². The molecule has 2 heterocycles. The van der Waals surface area contributed by atoms with Gasteiger partial charge in [-0.1, -0.05) is 13.8 Å². The highest BCUT2D eigenvalue weighted by Crippen LogP contribution is 2.29. The first-order valence-corrected chi connectivity index (χ1v) is 7.07. The summed E-state index contributed by atoms with van der Waals surface area (Å²) >= 11 is 0. The Labute approximate surface area is 122 Å². The molecule has 0 amide bonds. The van der Waals surface area contributed by atoms with Crippen molar-refractivity contribution in [1.82, 2.24) is 14.9 Å². The molecule has 0 bridgehead atoms. The summed E-state index contributed by atoms with van der Waals surface area (Å²) in [4.78, 5) is 9.33. The monoisotopic (exact) mass is 303 g/mol. The van der Waals surface area contributed by atoms with Crippen LogP contribution in [0, 0.1) is 5.92 Å². The van der Waals surface area contributed by atoms with E-state index < -0.39 is 11.9 Å². The Kier molecular flexibility index (Phi) is 4.70. The summed E-state index contributed by atoms with van der Waals surface area (Å²) in [6.07, 6.45) is -1.03. The van der Waals surface area contributed by atoms with Gasteiger partial charge in [0.15, 0.2) is 5.69 Å². The molecule has 0 aromatic carbocycles. The molecule has 118 valence electrons. The van der Waals surface area contributed by atoms with Gasteiger partial charge in [0, 0.05) is 12.6 Å². The van der Waals surface area contributed by atoms with Crippen molar-refractivity contribution in [3.63, 3.8) is 0 Å². The average molecular weight is 303 g/mol. The normalized spacial score (nSPS) is 25.0. The Hall–Kier alpha value is -1.37. The summed E-state index contributed by atoms with van der Waals surface area (Å²) < 4.78 is 43.1. The summed E-state index contributed by atoms with van der Waals surface area (Å²) in [5, 5.41) is 0. The smallest absolute Gasteiger partial charge is 0.434 e. The molecule has 2 rings (SSSR count). The summed E-state index contributed by atoms with van der Waals surface area (Å²) in [6.45, 7) is 5.18. The van der Waals surface area contributed by atoms with Crippen LogP contribution in [0.25, 0.3) is 0 Å². The van der Waals surface area contributed by atoms with Crippen LogP contribution in [0.3, 0.4) is 0 Å². The number of likely N-dealkylation sites (N-methyl/N-ethyl adjacent to an activating group) is 1. The number of ether oxygens (including phenoxy) is 1. The van der Waals surface area contributed by atoms with E-state index in [1.807, 2.05) is 14.0 Å². The lowest BCUT2D eigenvalue weighted by Gasteiger charge is -2.28. The zero-order chi connectivity index (χ0) is 15.6. The van der Waals surface area contributed by atoms with Crippen LogP contribution in [0.1, 0.15) is 32.4 Å². The van der Waals surface area contributed by atoms with E-state index in [2.05, 4.69) is 21.8 Å². The van der Waals surface area contributed by atoms with Crippen molar-refractivity contribution in [1.29, 1.82) is 0 Å². The van der Waals surface area contributed by atoms with Crippen molar-refractivity contribution in [3.8, 4) is 5.88 Å². The molecule has 3 unspecified atom stereocenters. The third kappa shape index (κ3) is 3.84. The minimum atomic E-state index is -4.48. The maximum absolute atomic E-state index is 12.4. The number of halogens is 3. The Morgan fingerprint density at radius 2 is 2.10 bits per heavy atom. The summed E-state index contributed by atoms with van der Waals surface area (Å²) in [5.41, 5.74) is -1.01. The lowest BCUT2D eigenvalue weighted by Crippen LogP contribution is -2.39. The second-order valence-electron chi connectivity index (χ2n) is 5.65. The topological polar surface area (TPSA) is 38.3 Å². The molecule has 0 spiro atoms. The average Bonchev–Trinajstić information content (AvgIpc) is 2.74. The van der Waals surface area contributed by atoms with E-state index in [4.69, 9.17) is 4.74 Å².